The summed E-state index contributed by atoms with van der Waals surface area (Å²) in [6.45, 7) is 7.18. The topological polar surface area (TPSA) is 410 Å². The van der Waals surface area contributed by atoms with Crippen LogP contribution in [0.2, 0.25) is 0 Å². The molecule has 10 atom stereocenters. The molecule has 2 heterocycles. The molecule has 0 fully saturated rings. The number of ketones is 4. The number of nitrogens with two attached hydrogens (primary N) is 4. The number of benzene rings is 2. The van der Waals surface area contributed by atoms with Crippen LogP contribution >= 0.6 is 0 Å². The maximum Gasteiger partial charge on any atom is 0.226 e. The van der Waals surface area contributed by atoms with Crippen LogP contribution in [0, 0.1) is 35.5 Å². The lowest BCUT2D eigenvalue weighted by Gasteiger charge is -2.27. The number of nitrogens with one attached hydrogen (secondary N) is 7. The second-order valence-corrected chi connectivity index (χ2v) is 21.9. The second kappa shape index (κ2) is 33.3. The van der Waals surface area contributed by atoms with Gasteiger partial charge in [-0.1, -0.05) is 70.5 Å². The zero-order valence-electron chi connectivity index (χ0n) is 47.3. The van der Waals surface area contributed by atoms with Crippen LogP contribution < -0.4 is 49.5 Å². The van der Waals surface area contributed by atoms with Crippen molar-refractivity contribution in [3.05, 3.63) is 72.1 Å². The molecule has 0 aliphatic rings. The van der Waals surface area contributed by atoms with E-state index in [1.165, 1.54) is 13.8 Å². The molecule has 0 aliphatic heterocycles. The van der Waals surface area contributed by atoms with Gasteiger partial charge in [-0.3, -0.25) is 48.5 Å². The van der Waals surface area contributed by atoms with Crippen molar-refractivity contribution >= 4 is 74.5 Å². The number of aromatic amines is 2. The fourth-order valence-corrected chi connectivity index (χ4v) is 9.78. The van der Waals surface area contributed by atoms with E-state index in [2.05, 4.69) is 36.6 Å². The van der Waals surface area contributed by atoms with Gasteiger partial charge in [-0.05, 0) is 87.7 Å². The number of aliphatic hydroxyl groups excluding tert-OH is 3. The molecule has 2 aromatic carbocycles. The molecule has 81 heavy (non-hydrogen) atoms. The molecule has 0 unspecified atom stereocenters. The summed E-state index contributed by atoms with van der Waals surface area (Å²) in [7, 11) is 0. The van der Waals surface area contributed by atoms with E-state index in [-0.39, 0.29) is 51.0 Å². The number of rotatable bonds is 39. The summed E-state index contributed by atoms with van der Waals surface area (Å²) in [4.78, 5) is 131. The zero-order chi connectivity index (χ0) is 59.9. The third-order valence-corrected chi connectivity index (χ3v) is 14.8. The first kappa shape index (κ1) is 66.8. The molecule has 23 heteroatoms. The number of Topliss-reactive ketones (excluding diaryl/α,β-unsaturated/α-hetero) is 4. The summed E-state index contributed by atoms with van der Waals surface area (Å²) in [6.07, 6.45) is 1.32. The molecule has 0 saturated carbocycles. The molecule has 446 valence electrons. The van der Waals surface area contributed by atoms with Gasteiger partial charge in [-0.15, -0.1) is 0 Å². The summed E-state index contributed by atoms with van der Waals surface area (Å²) in [5, 5.41) is 47.1. The number of H-pyrrole nitrogens is 2. The Hall–Kier alpha value is -6.73. The molecule has 4 rings (SSSR count). The standard InChI is InChI=1S/C58H87N11O12/c1-32(2)21-45(49(73)22-34(4)53(60)77)67-57(81)42(35(5)72)27-52(76)46(24-39-29-65-44-18-9-7-16-41(39)44)66-55(79)36(14-12-20-63-58(61)62)25-50(74)48(31-71)69-56(80)37(23-38-28-64-43-17-8-6-15-40(38)43)26-51(75)47(30-70)68-54(78)33(3)13-10-11-19-59/h6-9,15-18,28-29,32-37,42,45-48,58,63-65,70-72H,10-14,19-27,30-31,59,61-62H2,1-5H3,(H2,60,77)(H,66,79)(H,67,81)(H,68,78)(H,69,80)/t33-,34-,35-,36+,37+,42-,45+,46+,47+,48+/m1/s1. The maximum absolute atomic E-state index is 14.7. The number of hydrogen-bond donors (Lipinski definition) is 14. The van der Waals surface area contributed by atoms with Gasteiger partial charge < -0.3 is 69.5 Å². The molecule has 0 aliphatic carbocycles. The first-order valence-electron chi connectivity index (χ1n) is 28.0. The quantitative estimate of drug-likeness (QED) is 0.0218. The minimum atomic E-state index is -1.59. The van der Waals surface area contributed by atoms with Gasteiger partial charge in [0.2, 0.25) is 29.5 Å². The van der Waals surface area contributed by atoms with Crippen LogP contribution in [0.4, 0.5) is 0 Å². The summed E-state index contributed by atoms with van der Waals surface area (Å²) < 4.78 is 0. The number of amides is 5. The Kier molecular flexibility index (Phi) is 27.4. The van der Waals surface area contributed by atoms with E-state index in [0.29, 0.717) is 36.9 Å². The summed E-state index contributed by atoms with van der Waals surface area (Å²) in [6, 6.07) is 9.17. The Morgan fingerprint density at radius 2 is 1.05 bits per heavy atom. The predicted molar refractivity (Wildman–Crippen MR) is 306 cm³/mol. The molecule has 0 saturated heterocycles. The number of fused-ring (bicyclic) bond motifs is 2. The number of aromatic nitrogens is 2. The Morgan fingerprint density at radius 1 is 0.556 bits per heavy atom. The number of hydrogen-bond acceptors (Lipinski definition) is 16. The molecule has 18 N–H and O–H groups in total. The highest BCUT2D eigenvalue weighted by Gasteiger charge is 2.37. The number of unbranched alkanes of at least 4 members (excludes halogenated alkanes) is 1. The second-order valence-electron chi connectivity index (χ2n) is 21.9. The van der Waals surface area contributed by atoms with Crippen molar-refractivity contribution in [3.63, 3.8) is 0 Å². The fourth-order valence-electron chi connectivity index (χ4n) is 9.78. The molecule has 2 aromatic heterocycles. The maximum atomic E-state index is 14.7. The molecule has 5 amide bonds. The molecular weight excluding hydrogens is 1040 g/mol. The zero-order valence-corrected chi connectivity index (χ0v) is 47.3. The Balaban J connectivity index is 1.63. The van der Waals surface area contributed by atoms with Gasteiger partial charge in [-0.2, -0.15) is 0 Å². The van der Waals surface area contributed by atoms with E-state index in [1.54, 1.807) is 31.5 Å². The lowest BCUT2D eigenvalue weighted by atomic mass is 9.88. The lowest BCUT2D eigenvalue weighted by molar-refractivity contribution is -0.137. The van der Waals surface area contributed by atoms with E-state index in [0.717, 1.165) is 21.8 Å². The van der Waals surface area contributed by atoms with Gasteiger partial charge >= 0.3 is 0 Å². The first-order valence-corrected chi connectivity index (χ1v) is 28.0. The van der Waals surface area contributed by atoms with Crippen molar-refractivity contribution in [2.45, 2.75) is 148 Å². The third kappa shape index (κ3) is 21.0. The van der Waals surface area contributed by atoms with Crippen LogP contribution in [0.15, 0.2) is 60.9 Å². The van der Waals surface area contributed by atoms with Gasteiger partial charge in [0, 0.05) is 90.0 Å². The molecule has 0 bridgehead atoms. The third-order valence-electron chi connectivity index (χ3n) is 14.8. The average Bonchev–Trinajstić information content (AvgIpc) is 4.05. The monoisotopic (exact) mass is 1130 g/mol. The van der Waals surface area contributed by atoms with Crippen molar-refractivity contribution in [1.82, 2.24) is 36.6 Å². The Labute approximate surface area is 473 Å². The molecule has 0 spiro atoms. The highest BCUT2D eigenvalue weighted by Crippen LogP contribution is 2.26. The summed E-state index contributed by atoms with van der Waals surface area (Å²) in [5.74, 6) is -11.2. The normalized spacial score (nSPS) is 15.4. The number of aliphatic hydroxyl groups is 3. The minimum absolute atomic E-state index is 0.00727. The van der Waals surface area contributed by atoms with Crippen LogP contribution in [-0.4, -0.2) is 141 Å². The smallest absolute Gasteiger partial charge is 0.226 e. The van der Waals surface area contributed by atoms with Gasteiger partial charge in [0.1, 0.15) is 18.4 Å². The number of para-hydroxylation sites is 2. The van der Waals surface area contributed by atoms with E-state index in [4.69, 9.17) is 22.9 Å². The molecule has 0 radical (unpaired) electrons. The highest BCUT2D eigenvalue weighted by molar-refractivity contribution is 5.99. The largest absolute Gasteiger partial charge is 0.394 e. The lowest BCUT2D eigenvalue weighted by Crippen LogP contribution is -2.51. The van der Waals surface area contributed by atoms with Crippen molar-refractivity contribution < 1.29 is 58.5 Å². The van der Waals surface area contributed by atoms with Gasteiger partial charge in [0.05, 0.1) is 37.3 Å². The number of primary amides is 1. The van der Waals surface area contributed by atoms with Crippen molar-refractivity contribution in [1.29, 1.82) is 0 Å². The molecule has 23 nitrogen and oxygen atoms in total. The van der Waals surface area contributed by atoms with Gasteiger partial charge in [-0.25, -0.2) is 0 Å². The predicted octanol–water partition coefficient (Wildman–Crippen LogP) is 0.928. The Morgan fingerprint density at radius 3 is 1.58 bits per heavy atom. The average molecular weight is 1130 g/mol. The Bertz CT molecular complexity index is 2740. The first-order chi connectivity index (χ1) is 38.5. The van der Waals surface area contributed by atoms with E-state index in [9.17, 15) is 58.5 Å². The van der Waals surface area contributed by atoms with Crippen LogP contribution in [0.3, 0.4) is 0 Å². The van der Waals surface area contributed by atoms with Crippen LogP contribution in [-0.2, 0) is 56.0 Å². The van der Waals surface area contributed by atoms with Crippen molar-refractivity contribution in [2.75, 3.05) is 26.3 Å². The van der Waals surface area contributed by atoms with Crippen LogP contribution in [0.1, 0.15) is 110 Å². The van der Waals surface area contributed by atoms with Crippen LogP contribution in [0.5, 0.6) is 0 Å². The minimum Gasteiger partial charge on any atom is -0.394 e. The van der Waals surface area contributed by atoms with Gasteiger partial charge in [0.25, 0.3) is 0 Å². The van der Waals surface area contributed by atoms with E-state index < -0.39 is 151 Å². The highest BCUT2D eigenvalue weighted by atomic mass is 16.3. The SMILES string of the molecule is CC(C)C[C@H](NC(=O)[C@H](CC(=O)[C@H](Cc1c[nH]c2ccccc12)NC(=O)[C@@H](CCCNC(N)N)CC(=O)[C@H](CO)NC(=O)[C@H](CC(=O)[C@H](CO)NC(=O)[C@H](C)CCCCN)Cc1c[nH]c2ccccc12)[C@@H](C)O)C(=O)C[C@@H](C)C(N)=O. The number of carbonyl (C=O) groups is 9. The van der Waals surface area contributed by atoms with Crippen molar-refractivity contribution in [3.8, 4) is 0 Å². The fraction of sp³-hybridized carbons (Fsp3) is 0.569. The summed E-state index contributed by atoms with van der Waals surface area (Å²) in [5.41, 5.74) is 25.2. The van der Waals surface area contributed by atoms with Crippen molar-refractivity contribution in [2.24, 2.45) is 58.4 Å². The molecule has 4 aromatic rings. The number of carbonyl (C=O) groups excluding carboxylic acids is 9. The van der Waals surface area contributed by atoms with E-state index in [1.807, 2.05) is 50.2 Å². The van der Waals surface area contributed by atoms with Gasteiger partial charge in [0.15, 0.2) is 23.1 Å². The van der Waals surface area contributed by atoms with E-state index >= 15 is 0 Å². The summed E-state index contributed by atoms with van der Waals surface area (Å²) >= 11 is 0. The van der Waals surface area contributed by atoms with Crippen LogP contribution in [0.25, 0.3) is 21.8 Å². The molecular formula is C58H87N11O12.